The van der Waals surface area contributed by atoms with Crippen molar-refractivity contribution in [1.29, 1.82) is 0 Å². The number of H-pyrrole nitrogens is 1. The predicted octanol–water partition coefficient (Wildman–Crippen LogP) is 2.58. The number of nitrogens with one attached hydrogen (secondary N) is 2. The average Bonchev–Trinajstić information content (AvgIpc) is 3.13. The SMILES string of the molecule is CN(C)S(=O)(=O)CCNc1ccc(-c2cc(-c3ccc(F)cc3)[nH]n2)cn1. The van der Waals surface area contributed by atoms with E-state index in [-0.39, 0.29) is 18.1 Å². The lowest BCUT2D eigenvalue weighted by Gasteiger charge is -2.11. The summed E-state index contributed by atoms with van der Waals surface area (Å²) in [5.74, 6) is 0.287. The third-order valence-electron chi connectivity index (χ3n) is 4.01. The van der Waals surface area contributed by atoms with E-state index >= 15 is 0 Å². The first-order chi connectivity index (χ1) is 12.8. The fraction of sp³-hybridized carbons (Fsp3) is 0.222. The van der Waals surface area contributed by atoms with Crippen LogP contribution in [-0.4, -0.2) is 54.3 Å². The number of benzene rings is 1. The lowest BCUT2D eigenvalue weighted by molar-refractivity contribution is 0.521. The molecule has 2 N–H and O–H groups in total. The van der Waals surface area contributed by atoms with Gasteiger partial charge in [-0.25, -0.2) is 22.1 Å². The van der Waals surface area contributed by atoms with E-state index in [0.29, 0.717) is 11.5 Å². The Labute approximate surface area is 157 Å². The number of rotatable bonds is 7. The Kier molecular flexibility index (Phi) is 5.52. The summed E-state index contributed by atoms with van der Waals surface area (Å²) < 4.78 is 37.7. The zero-order valence-corrected chi connectivity index (χ0v) is 15.8. The van der Waals surface area contributed by atoms with Crippen LogP contribution >= 0.6 is 0 Å². The molecule has 2 heterocycles. The van der Waals surface area contributed by atoms with Crippen molar-refractivity contribution in [3.05, 3.63) is 54.5 Å². The fourth-order valence-electron chi connectivity index (χ4n) is 2.39. The molecule has 0 unspecified atom stereocenters. The van der Waals surface area contributed by atoms with Crippen LogP contribution in [-0.2, 0) is 10.0 Å². The molecule has 142 valence electrons. The maximum Gasteiger partial charge on any atom is 0.215 e. The van der Waals surface area contributed by atoms with Crippen molar-refractivity contribution in [3.8, 4) is 22.5 Å². The highest BCUT2D eigenvalue weighted by Gasteiger charge is 2.13. The second-order valence-corrected chi connectivity index (χ2v) is 8.43. The third-order valence-corrected chi connectivity index (χ3v) is 5.85. The summed E-state index contributed by atoms with van der Waals surface area (Å²) in [5, 5.41) is 10.2. The summed E-state index contributed by atoms with van der Waals surface area (Å²) >= 11 is 0. The van der Waals surface area contributed by atoms with Gasteiger partial charge in [-0.3, -0.25) is 5.10 Å². The third kappa shape index (κ3) is 4.69. The van der Waals surface area contributed by atoms with Gasteiger partial charge in [-0.2, -0.15) is 5.10 Å². The molecule has 3 aromatic rings. The average molecular weight is 389 g/mol. The molecular weight excluding hydrogens is 369 g/mol. The lowest BCUT2D eigenvalue weighted by Crippen LogP contribution is -2.28. The molecular formula is C18H20FN5O2S. The molecule has 0 aliphatic carbocycles. The Morgan fingerprint density at radius 1 is 1.11 bits per heavy atom. The maximum atomic E-state index is 13.0. The highest BCUT2D eigenvalue weighted by molar-refractivity contribution is 7.89. The van der Waals surface area contributed by atoms with Gasteiger partial charge in [0.15, 0.2) is 0 Å². The van der Waals surface area contributed by atoms with Crippen molar-refractivity contribution in [2.75, 3.05) is 31.7 Å². The molecule has 2 aromatic heterocycles. The van der Waals surface area contributed by atoms with Crippen molar-refractivity contribution in [1.82, 2.24) is 19.5 Å². The zero-order chi connectivity index (χ0) is 19.4. The smallest absolute Gasteiger partial charge is 0.215 e. The van der Waals surface area contributed by atoms with E-state index in [4.69, 9.17) is 0 Å². The summed E-state index contributed by atoms with van der Waals surface area (Å²) in [6.07, 6.45) is 1.66. The van der Waals surface area contributed by atoms with Gasteiger partial charge in [-0.15, -0.1) is 0 Å². The molecule has 9 heteroatoms. The van der Waals surface area contributed by atoms with Crippen LogP contribution in [0.5, 0.6) is 0 Å². The molecule has 0 spiro atoms. The molecule has 0 saturated carbocycles. The van der Waals surface area contributed by atoms with E-state index < -0.39 is 10.0 Å². The summed E-state index contributed by atoms with van der Waals surface area (Å²) in [6, 6.07) is 11.6. The number of hydrogen-bond acceptors (Lipinski definition) is 5. The number of anilines is 1. The molecule has 1 aromatic carbocycles. The fourth-order valence-corrected chi connectivity index (χ4v) is 3.11. The number of halogens is 1. The summed E-state index contributed by atoms with van der Waals surface area (Å²) in [5.41, 5.74) is 3.14. The van der Waals surface area contributed by atoms with E-state index in [2.05, 4.69) is 20.5 Å². The van der Waals surface area contributed by atoms with Gasteiger partial charge < -0.3 is 5.32 Å². The molecule has 0 bridgehead atoms. The number of sulfonamides is 1. The van der Waals surface area contributed by atoms with Gasteiger partial charge in [-0.1, -0.05) is 0 Å². The number of nitrogens with zero attached hydrogens (tertiary/aromatic N) is 3. The Balaban J connectivity index is 1.65. The molecule has 0 amide bonds. The number of pyridine rings is 1. The number of hydrogen-bond donors (Lipinski definition) is 2. The van der Waals surface area contributed by atoms with Crippen LogP contribution in [0, 0.1) is 5.82 Å². The predicted molar refractivity (Wildman–Crippen MR) is 103 cm³/mol. The molecule has 27 heavy (non-hydrogen) atoms. The van der Waals surface area contributed by atoms with Gasteiger partial charge in [0.1, 0.15) is 11.6 Å². The van der Waals surface area contributed by atoms with Crippen molar-refractivity contribution < 1.29 is 12.8 Å². The minimum absolute atomic E-state index is 0.0101. The quantitative estimate of drug-likeness (QED) is 0.648. The van der Waals surface area contributed by atoms with Crippen molar-refractivity contribution in [2.24, 2.45) is 0 Å². The summed E-state index contributed by atoms with van der Waals surface area (Å²) in [4.78, 5) is 4.29. The highest BCUT2D eigenvalue weighted by atomic mass is 32.2. The van der Waals surface area contributed by atoms with Gasteiger partial charge >= 0.3 is 0 Å². The van der Waals surface area contributed by atoms with Gasteiger partial charge in [0.2, 0.25) is 10.0 Å². The zero-order valence-electron chi connectivity index (χ0n) is 15.0. The van der Waals surface area contributed by atoms with E-state index in [1.54, 1.807) is 24.4 Å². The van der Waals surface area contributed by atoms with Gasteiger partial charge in [0.05, 0.1) is 17.1 Å². The van der Waals surface area contributed by atoms with Crippen LogP contribution in [0.25, 0.3) is 22.5 Å². The Hall–Kier alpha value is -2.78. The van der Waals surface area contributed by atoms with E-state index in [1.165, 1.54) is 30.5 Å². The molecule has 0 saturated heterocycles. The van der Waals surface area contributed by atoms with Gasteiger partial charge in [0, 0.05) is 32.4 Å². The minimum Gasteiger partial charge on any atom is -0.369 e. The molecule has 0 fully saturated rings. The first-order valence-electron chi connectivity index (χ1n) is 8.27. The van der Waals surface area contributed by atoms with Crippen molar-refractivity contribution in [3.63, 3.8) is 0 Å². The Bertz CT molecular complexity index is 999. The Morgan fingerprint density at radius 2 is 1.81 bits per heavy atom. The first kappa shape index (κ1) is 19.0. The van der Waals surface area contributed by atoms with Crippen molar-refractivity contribution >= 4 is 15.8 Å². The van der Waals surface area contributed by atoms with Crippen LogP contribution in [0.1, 0.15) is 0 Å². The minimum atomic E-state index is -3.24. The van der Waals surface area contributed by atoms with Gasteiger partial charge in [0.25, 0.3) is 0 Å². The maximum absolute atomic E-state index is 13.0. The van der Waals surface area contributed by atoms with E-state index in [1.807, 2.05) is 12.1 Å². The van der Waals surface area contributed by atoms with E-state index in [9.17, 15) is 12.8 Å². The molecule has 3 rings (SSSR count). The van der Waals surface area contributed by atoms with Crippen LogP contribution in [0.4, 0.5) is 10.2 Å². The molecule has 0 aliphatic rings. The van der Waals surface area contributed by atoms with E-state index in [0.717, 1.165) is 16.8 Å². The monoisotopic (exact) mass is 389 g/mol. The highest BCUT2D eigenvalue weighted by Crippen LogP contribution is 2.24. The normalized spacial score (nSPS) is 11.7. The number of aromatic amines is 1. The van der Waals surface area contributed by atoms with Gasteiger partial charge in [-0.05, 0) is 48.0 Å². The first-order valence-corrected chi connectivity index (χ1v) is 9.88. The Morgan fingerprint density at radius 3 is 2.44 bits per heavy atom. The van der Waals surface area contributed by atoms with Crippen LogP contribution in [0.2, 0.25) is 0 Å². The second kappa shape index (κ2) is 7.85. The summed E-state index contributed by atoms with van der Waals surface area (Å²) in [7, 11) is -0.228. The molecule has 7 nitrogen and oxygen atoms in total. The van der Waals surface area contributed by atoms with Crippen LogP contribution < -0.4 is 5.32 Å². The van der Waals surface area contributed by atoms with Crippen LogP contribution in [0.15, 0.2) is 48.7 Å². The van der Waals surface area contributed by atoms with Crippen molar-refractivity contribution in [2.45, 2.75) is 0 Å². The standard InChI is InChI=1S/C18H20FN5O2S/c1-24(2)27(25,26)10-9-20-18-8-5-14(12-21-18)17-11-16(22-23-17)13-3-6-15(19)7-4-13/h3-8,11-12H,9-10H2,1-2H3,(H,20,21)(H,22,23). The molecule has 0 aliphatic heterocycles. The second-order valence-electron chi connectivity index (χ2n) is 6.13. The summed E-state index contributed by atoms with van der Waals surface area (Å²) in [6.45, 7) is 0.268. The van der Waals surface area contributed by atoms with Crippen LogP contribution in [0.3, 0.4) is 0 Å². The lowest BCUT2D eigenvalue weighted by atomic mass is 10.1. The topological polar surface area (TPSA) is 91.0 Å². The largest absolute Gasteiger partial charge is 0.369 e. The molecule has 0 radical (unpaired) electrons. The number of aromatic nitrogens is 3. The molecule has 0 atom stereocenters.